The Morgan fingerprint density at radius 1 is 1.08 bits per heavy atom. The summed E-state index contributed by atoms with van der Waals surface area (Å²) in [6.45, 7) is 0. The monoisotopic (exact) mass is 345 g/mol. The molecule has 0 saturated carbocycles. The summed E-state index contributed by atoms with van der Waals surface area (Å²) in [6, 6.07) is 9.36. The summed E-state index contributed by atoms with van der Waals surface area (Å²) in [6.07, 6.45) is 5.41. The third-order valence-electron chi connectivity index (χ3n) is 4.53. The van der Waals surface area contributed by atoms with Crippen LogP contribution in [0.1, 0.15) is 0 Å². The molecule has 8 nitrogen and oxygen atoms in total. The number of hydrogen-bond donors (Lipinski definition) is 1. The Kier molecular flexibility index (Phi) is 2.90. The van der Waals surface area contributed by atoms with Gasteiger partial charge in [0, 0.05) is 43.5 Å². The molecule has 0 aliphatic heterocycles. The molecule has 4 aromatic heterocycles. The van der Waals surface area contributed by atoms with E-state index in [-0.39, 0.29) is 5.56 Å². The van der Waals surface area contributed by atoms with Crippen molar-refractivity contribution in [3.05, 3.63) is 59.3 Å². The van der Waals surface area contributed by atoms with E-state index in [1.807, 2.05) is 49.2 Å². The fraction of sp³-hybridized carbons (Fsp3) is 0.111. The maximum Gasteiger partial charge on any atom is 0.273 e. The summed E-state index contributed by atoms with van der Waals surface area (Å²) in [7, 11) is 3.75. The normalized spacial score (nSPS) is 11.6. The molecule has 0 radical (unpaired) electrons. The summed E-state index contributed by atoms with van der Waals surface area (Å²) >= 11 is 0. The van der Waals surface area contributed by atoms with Crippen LogP contribution in [0.5, 0.6) is 0 Å². The Hall–Kier alpha value is -3.68. The van der Waals surface area contributed by atoms with Gasteiger partial charge in [0.05, 0.1) is 28.7 Å². The van der Waals surface area contributed by atoms with Gasteiger partial charge in [-0.3, -0.25) is 19.3 Å². The first kappa shape index (κ1) is 14.6. The number of rotatable bonds is 2. The number of hydrogen-bond acceptors (Lipinski definition) is 4. The Balaban J connectivity index is 1.73. The topological polar surface area (TPSA) is 85.8 Å². The number of nitrogens with zero attached hydrogens (tertiary/aromatic N) is 6. The van der Waals surface area contributed by atoms with Crippen LogP contribution < -0.4 is 5.56 Å². The quantitative estimate of drug-likeness (QED) is 0.530. The fourth-order valence-electron chi connectivity index (χ4n) is 3.20. The summed E-state index contributed by atoms with van der Waals surface area (Å²) in [5.41, 5.74) is 4.46. The third-order valence-corrected chi connectivity index (χ3v) is 4.53. The molecule has 1 N–H and O–H groups in total. The molecule has 0 saturated heterocycles. The minimum atomic E-state index is -0.168. The summed E-state index contributed by atoms with van der Waals surface area (Å²) in [5, 5.41) is 12.6. The zero-order valence-electron chi connectivity index (χ0n) is 14.2. The van der Waals surface area contributed by atoms with Gasteiger partial charge in [0.25, 0.3) is 5.56 Å². The first-order chi connectivity index (χ1) is 12.6. The average molecular weight is 345 g/mol. The summed E-state index contributed by atoms with van der Waals surface area (Å²) in [4.78, 5) is 17.3. The molecule has 5 aromatic rings. The van der Waals surface area contributed by atoms with Crippen molar-refractivity contribution in [1.82, 2.24) is 34.2 Å². The van der Waals surface area contributed by atoms with E-state index in [0.29, 0.717) is 11.3 Å². The van der Waals surface area contributed by atoms with Crippen LogP contribution in [-0.4, -0.2) is 34.2 Å². The maximum absolute atomic E-state index is 12.5. The first-order valence-electron chi connectivity index (χ1n) is 8.13. The van der Waals surface area contributed by atoms with Crippen LogP contribution in [0, 0.1) is 0 Å². The van der Waals surface area contributed by atoms with Crippen molar-refractivity contribution in [3.8, 4) is 22.5 Å². The molecule has 4 heterocycles. The molecule has 8 heteroatoms. The number of nitrogens with one attached hydrogen (secondary N) is 1. The van der Waals surface area contributed by atoms with Crippen molar-refractivity contribution in [2.45, 2.75) is 0 Å². The predicted molar refractivity (Wildman–Crippen MR) is 97.7 cm³/mol. The molecule has 0 fully saturated rings. The highest BCUT2D eigenvalue weighted by Gasteiger charge is 2.14. The summed E-state index contributed by atoms with van der Waals surface area (Å²) < 4.78 is 4.96. The molecule has 0 bridgehead atoms. The second-order valence-electron chi connectivity index (χ2n) is 6.24. The van der Waals surface area contributed by atoms with Crippen LogP contribution in [0.25, 0.3) is 39.1 Å². The van der Waals surface area contributed by atoms with Gasteiger partial charge < -0.3 is 0 Å². The maximum atomic E-state index is 12.5. The van der Waals surface area contributed by atoms with Gasteiger partial charge in [-0.05, 0) is 18.2 Å². The van der Waals surface area contributed by atoms with Gasteiger partial charge in [0.15, 0.2) is 5.65 Å². The van der Waals surface area contributed by atoms with Gasteiger partial charge in [-0.25, -0.2) is 9.50 Å². The second kappa shape index (κ2) is 5.16. The van der Waals surface area contributed by atoms with Crippen molar-refractivity contribution >= 4 is 16.6 Å². The van der Waals surface area contributed by atoms with Crippen LogP contribution >= 0.6 is 0 Å². The van der Waals surface area contributed by atoms with E-state index in [0.717, 1.165) is 27.7 Å². The molecule has 0 amide bonds. The lowest BCUT2D eigenvalue weighted by atomic mass is 10.1. The standard InChI is InChI=1S/C18H15N7O/c1-23-6-5-14(22-23)13-10-20-25-17(26)8-15(21-18(13)25)11-3-4-16-12(7-11)9-19-24(16)2/h3-10,20H,1-2H3. The number of H-pyrrole nitrogens is 1. The lowest BCUT2D eigenvalue weighted by Crippen LogP contribution is -2.14. The minimum Gasteiger partial charge on any atom is -0.296 e. The SMILES string of the molecule is Cn1ccc(-c2c[nH]n3c(=O)cc(-c4ccc5c(cnn5C)c4)nc23)n1. The van der Waals surface area contributed by atoms with E-state index in [2.05, 4.69) is 15.3 Å². The van der Waals surface area contributed by atoms with E-state index in [9.17, 15) is 4.79 Å². The number of aromatic nitrogens is 7. The highest BCUT2D eigenvalue weighted by Crippen LogP contribution is 2.25. The van der Waals surface area contributed by atoms with Gasteiger partial charge in [-0.1, -0.05) is 6.07 Å². The van der Waals surface area contributed by atoms with Crippen molar-refractivity contribution in [2.24, 2.45) is 14.1 Å². The molecule has 26 heavy (non-hydrogen) atoms. The van der Waals surface area contributed by atoms with Crippen LogP contribution in [0.3, 0.4) is 0 Å². The van der Waals surface area contributed by atoms with E-state index < -0.39 is 0 Å². The first-order valence-corrected chi connectivity index (χ1v) is 8.13. The van der Waals surface area contributed by atoms with E-state index in [1.54, 1.807) is 17.1 Å². The van der Waals surface area contributed by atoms with Gasteiger partial charge in [-0.15, -0.1) is 0 Å². The lowest BCUT2D eigenvalue weighted by molar-refractivity contribution is 0.771. The van der Waals surface area contributed by atoms with Crippen LogP contribution in [0.15, 0.2) is 53.7 Å². The van der Waals surface area contributed by atoms with Crippen molar-refractivity contribution in [3.63, 3.8) is 0 Å². The Labute approximate surface area is 147 Å². The molecule has 1 aromatic carbocycles. The van der Waals surface area contributed by atoms with Crippen molar-refractivity contribution in [1.29, 1.82) is 0 Å². The smallest absolute Gasteiger partial charge is 0.273 e. The largest absolute Gasteiger partial charge is 0.296 e. The zero-order valence-corrected chi connectivity index (χ0v) is 14.2. The second-order valence-corrected chi connectivity index (χ2v) is 6.24. The minimum absolute atomic E-state index is 0.168. The molecule has 0 spiro atoms. The van der Waals surface area contributed by atoms with Gasteiger partial charge in [0.2, 0.25) is 0 Å². The van der Waals surface area contributed by atoms with Crippen LogP contribution in [0.2, 0.25) is 0 Å². The molecule has 0 aliphatic carbocycles. The number of fused-ring (bicyclic) bond motifs is 2. The number of benzene rings is 1. The Morgan fingerprint density at radius 2 is 1.96 bits per heavy atom. The molecule has 5 rings (SSSR count). The van der Waals surface area contributed by atoms with Crippen LogP contribution in [0.4, 0.5) is 0 Å². The third kappa shape index (κ3) is 2.08. The van der Waals surface area contributed by atoms with Crippen molar-refractivity contribution < 1.29 is 0 Å². The molecular formula is C18H15N7O. The molecule has 0 aliphatic rings. The molecule has 0 atom stereocenters. The Bertz CT molecular complexity index is 1330. The molecule has 0 unspecified atom stereocenters. The highest BCUT2D eigenvalue weighted by molar-refractivity contribution is 5.84. The molecule has 128 valence electrons. The average Bonchev–Trinajstić information content (AvgIpc) is 3.33. The highest BCUT2D eigenvalue weighted by atomic mass is 16.1. The van der Waals surface area contributed by atoms with Gasteiger partial charge >= 0.3 is 0 Å². The predicted octanol–water partition coefficient (Wildman–Crippen LogP) is 1.98. The van der Waals surface area contributed by atoms with Crippen LogP contribution in [-0.2, 0) is 14.1 Å². The molecular weight excluding hydrogens is 330 g/mol. The van der Waals surface area contributed by atoms with E-state index in [1.165, 1.54) is 10.6 Å². The van der Waals surface area contributed by atoms with Gasteiger partial charge in [-0.2, -0.15) is 10.2 Å². The zero-order chi connectivity index (χ0) is 17.8. The van der Waals surface area contributed by atoms with E-state index in [4.69, 9.17) is 4.98 Å². The number of aryl methyl sites for hydroxylation is 2. The van der Waals surface area contributed by atoms with Crippen molar-refractivity contribution in [2.75, 3.05) is 0 Å². The number of aromatic amines is 1. The summed E-state index contributed by atoms with van der Waals surface area (Å²) in [5.74, 6) is 0. The Morgan fingerprint density at radius 3 is 2.77 bits per heavy atom. The lowest BCUT2D eigenvalue weighted by Gasteiger charge is -2.03. The van der Waals surface area contributed by atoms with Gasteiger partial charge in [0.1, 0.15) is 0 Å². The van der Waals surface area contributed by atoms with E-state index >= 15 is 0 Å². The fourth-order valence-corrected chi connectivity index (χ4v) is 3.20.